The largest absolute Gasteiger partial charge is 0.491 e. The summed E-state index contributed by atoms with van der Waals surface area (Å²) in [6, 6.07) is 7.04. The first-order chi connectivity index (χ1) is 14.0. The Balaban J connectivity index is 1.61. The minimum atomic E-state index is -0.315. The number of carbonyl (C=O) groups is 1. The van der Waals surface area contributed by atoms with Gasteiger partial charge in [-0.15, -0.1) is 5.10 Å². The number of nitrogens with zero attached hydrogens (tertiary/aromatic N) is 5. The summed E-state index contributed by atoms with van der Waals surface area (Å²) in [6.45, 7) is 1.70. The van der Waals surface area contributed by atoms with Crippen LogP contribution >= 0.6 is 23.4 Å². The molecule has 0 radical (unpaired) electrons. The third-order valence-electron chi connectivity index (χ3n) is 3.85. The van der Waals surface area contributed by atoms with Gasteiger partial charge < -0.3 is 14.8 Å². The van der Waals surface area contributed by atoms with E-state index in [-0.39, 0.29) is 12.5 Å². The minimum absolute atomic E-state index is 0.189. The second-order valence-electron chi connectivity index (χ2n) is 6.00. The van der Waals surface area contributed by atoms with Crippen LogP contribution in [0.1, 0.15) is 11.3 Å². The standard InChI is InChI=1S/C18H19ClN6O3S/c1-11-4-5-12(6-14(11)19)21-17(26)9-28-15-7-13(20-8-16(15)27-3)10-29-18-22-23-24-25(18)2/h4-8H,9-10H2,1-3H3,(H,21,26). The fourth-order valence-electron chi connectivity index (χ4n) is 2.30. The molecule has 1 aromatic carbocycles. The van der Waals surface area contributed by atoms with Gasteiger partial charge in [-0.3, -0.25) is 9.78 Å². The summed E-state index contributed by atoms with van der Waals surface area (Å²) in [5.74, 6) is 1.07. The number of thioether (sulfide) groups is 1. The van der Waals surface area contributed by atoms with Gasteiger partial charge in [-0.2, -0.15) is 0 Å². The van der Waals surface area contributed by atoms with Crippen molar-refractivity contribution >= 4 is 35.0 Å². The van der Waals surface area contributed by atoms with Gasteiger partial charge in [0.05, 0.1) is 19.0 Å². The second kappa shape index (κ2) is 9.57. The molecule has 1 N–H and O–H groups in total. The molecular weight excluding hydrogens is 416 g/mol. The highest BCUT2D eigenvalue weighted by molar-refractivity contribution is 7.98. The van der Waals surface area contributed by atoms with Crippen LogP contribution in [0.3, 0.4) is 0 Å². The van der Waals surface area contributed by atoms with Crippen LogP contribution < -0.4 is 14.8 Å². The van der Waals surface area contributed by atoms with Crippen molar-refractivity contribution in [3.63, 3.8) is 0 Å². The van der Waals surface area contributed by atoms with Crippen molar-refractivity contribution in [2.24, 2.45) is 7.05 Å². The molecule has 3 rings (SSSR count). The van der Waals surface area contributed by atoms with Gasteiger partial charge in [0.15, 0.2) is 18.1 Å². The Hall–Kier alpha value is -2.85. The molecule has 0 unspecified atom stereocenters. The Bertz CT molecular complexity index is 1010. The molecule has 0 saturated carbocycles. The predicted molar refractivity (Wildman–Crippen MR) is 109 cm³/mol. The molecule has 0 aliphatic heterocycles. The number of hydrogen-bond donors (Lipinski definition) is 1. The van der Waals surface area contributed by atoms with E-state index in [2.05, 4.69) is 25.8 Å². The molecule has 0 atom stereocenters. The number of amides is 1. The molecule has 9 nitrogen and oxygen atoms in total. The Morgan fingerprint density at radius 1 is 1.31 bits per heavy atom. The maximum absolute atomic E-state index is 12.2. The van der Waals surface area contributed by atoms with Crippen molar-refractivity contribution < 1.29 is 14.3 Å². The van der Waals surface area contributed by atoms with Crippen molar-refractivity contribution in [3.05, 3.63) is 46.7 Å². The lowest BCUT2D eigenvalue weighted by Gasteiger charge is -2.12. The molecule has 11 heteroatoms. The summed E-state index contributed by atoms with van der Waals surface area (Å²) in [4.78, 5) is 16.6. The Labute approximate surface area is 176 Å². The lowest BCUT2D eigenvalue weighted by atomic mass is 10.2. The molecule has 3 aromatic rings. The molecule has 152 valence electrons. The third kappa shape index (κ3) is 5.58. The summed E-state index contributed by atoms with van der Waals surface area (Å²) in [7, 11) is 3.27. The Kier molecular flexibility index (Phi) is 6.89. The molecule has 0 bridgehead atoms. The highest BCUT2D eigenvalue weighted by atomic mass is 35.5. The van der Waals surface area contributed by atoms with Crippen LogP contribution in [0, 0.1) is 6.92 Å². The topological polar surface area (TPSA) is 104 Å². The van der Waals surface area contributed by atoms with Gasteiger partial charge in [-0.05, 0) is 35.0 Å². The highest BCUT2D eigenvalue weighted by Crippen LogP contribution is 2.29. The van der Waals surface area contributed by atoms with Gasteiger partial charge in [-0.25, -0.2) is 4.68 Å². The molecular formula is C18H19ClN6O3S. The normalized spacial score (nSPS) is 10.6. The van der Waals surface area contributed by atoms with Crippen molar-refractivity contribution in [1.82, 2.24) is 25.2 Å². The van der Waals surface area contributed by atoms with Crippen LogP contribution in [0.2, 0.25) is 5.02 Å². The van der Waals surface area contributed by atoms with Gasteiger partial charge in [0, 0.05) is 29.6 Å². The van der Waals surface area contributed by atoms with Crippen LogP contribution in [-0.4, -0.2) is 44.8 Å². The summed E-state index contributed by atoms with van der Waals surface area (Å²) >= 11 is 7.52. The monoisotopic (exact) mass is 434 g/mol. The number of tetrazole rings is 1. The summed E-state index contributed by atoms with van der Waals surface area (Å²) in [6.07, 6.45) is 1.55. The number of hydrogen-bond acceptors (Lipinski definition) is 8. The van der Waals surface area contributed by atoms with E-state index in [4.69, 9.17) is 21.1 Å². The predicted octanol–water partition coefficient (Wildman–Crippen LogP) is 2.89. The molecule has 1 amide bonds. The zero-order valence-corrected chi connectivity index (χ0v) is 17.6. The number of aryl methyl sites for hydroxylation is 2. The number of aromatic nitrogens is 5. The minimum Gasteiger partial charge on any atom is -0.491 e. The fourth-order valence-corrected chi connectivity index (χ4v) is 3.24. The number of anilines is 1. The quantitative estimate of drug-likeness (QED) is 0.539. The smallest absolute Gasteiger partial charge is 0.262 e. The van der Waals surface area contributed by atoms with Crippen molar-refractivity contribution in [2.75, 3.05) is 19.0 Å². The third-order valence-corrected chi connectivity index (χ3v) is 5.30. The van der Waals surface area contributed by atoms with Gasteiger partial charge in [-0.1, -0.05) is 29.4 Å². The number of ether oxygens (including phenoxy) is 2. The van der Waals surface area contributed by atoms with E-state index in [1.807, 2.05) is 13.0 Å². The maximum atomic E-state index is 12.2. The number of benzene rings is 1. The average molecular weight is 435 g/mol. The van der Waals surface area contributed by atoms with Crippen LogP contribution in [0.15, 0.2) is 35.6 Å². The molecule has 29 heavy (non-hydrogen) atoms. The average Bonchev–Trinajstić information content (AvgIpc) is 3.12. The number of rotatable bonds is 8. The molecule has 0 aliphatic carbocycles. The van der Waals surface area contributed by atoms with Crippen LogP contribution in [0.25, 0.3) is 0 Å². The van der Waals surface area contributed by atoms with Crippen molar-refractivity contribution in [3.8, 4) is 11.5 Å². The van der Waals surface area contributed by atoms with E-state index < -0.39 is 0 Å². The van der Waals surface area contributed by atoms with Gasteiger partial charge in [0.2, 0.25) is 5.16 Å². The van der Waals surface area contributed by atoms with E-state index in [0.717, 1.165) is 11.3 Å². The summed E-state index contributed by atoms with van der Waals surface area (Å²) in [5.41, 5.74) is 2.27. The molecule has 2 heterocycles. The van der Waals surface area contributed by atoms with Crippen molar-refractivity contribution in [2.45, 2.75) is 17.8 Å². The Morgan fingerprint density at radius 3 is 2.83 bits per heavy atom. The van der Waals surface area contributed by atoms with E-state index >= 15 is 0 Å². The number of pyridine rings is 1. The van der Waals surface area contributed by atoms with Gasteiger partial charge in [0.25, 0.3) is 5.91 Å². The van der Waals surface area contributed by atoms with Crippen LogP contribution in [-0.2, 0) is 17.6 Å². The van der Waals surface area contributed by atoms with E-state index in [0.29, 0.717) is 33.1 Å². The summed E-state index contributed by atoms with van der Waals surface area (Å²) < 4.78 is 12.5. The molecule has 0 fully saturated rings. The van der Waals surface area contributed by atoms with Crippen molar-refractivity contribution in [1.29, 1.82) is 0 Å². The Morgan fingerprint density at radius 2 is 2.14 bits per heavy atom. The highest BCUT2D eigenvalue weighted by Gasteiger charge is 2.12. The van der Waals surface area contributed by atoms with Gasteiger partial charge >= 0.3 is 0 Å². The second-order valence-corrected chi connectivity index (χ2v) is 7.35. The molecule has 2 aromatic heterocycles. The molecule has 0 saturated heterocycles. The van der Waals surface area contributed by atoms with E-state index in [1.54, 1.807) is 36.1 Å². The number of nitrogens with one attached hydrogen (secondary N) is 1. The number of carbonyl (C=O) groups excluding carboxylic acids is 1. The lowest BCUT2D eigenvalue weighted by molar-refractivity contribution is -0.118. The first-order valence-electron chi connectivity index (χ1n) is 8.53. The zero-order chi connectivity index (χ0) is 20.8. The maximum Gasteiger partial charge on any atom is 0.262 e. The lowest BCUT2D eigenvalue weighted by Crippen LogP contribution is -2.20. The molecule has 0 aliphatic rings. The summed E-state index contributed by atoms with van der Waals surface area (Å²) in [5, 5.41) is 15.3. The van der Waals surface area contributed by atoms with E-state index in [9.17, 15) is 4.79 Å². The zero-order valence-electron chi connectivity index (χ0n) is 16.0. The first-order valence-corrected chi connectivity index (χ1v) is 9.89. The van der Waals surface area contributed by atoms with Gasteiger partial charge in [0.1, 0.15) is 0 Å². The first kappa shape index (κ1) is 20.9. The number of halogens is 1. The van der Waals surface area contributed by atoms with Crippen LogP contribution in [0.5, 0.6) is 11.5 Å². The van der Waals surface area contributed by atoms with Crippen LogP contribution in [0.4, 0.5) is 5.69 Å². The fraction of sp³-hybridized carbons (Fsp3) is 0.278. The number of methoxy groups -OCH3 is 1. The molecule has 0 spiro atoms. The SMILES string of the molecule is COc1cnc(CSc2nnnn2C)cc1OCC(=O)Nc1ccc(C)c(Cl)c1. The van der Waals surface area contributed by atoms with E-state index in [1.165, 1.54) is 18.9 Å².